The summed E-state index contributed by atoms with van der Waals surface area (Å²) in [4.78, 5) is 26.0. The number of benzene rings is 1. The van der Waals surface area contributed by atoms with Crippen LogP contribution in [0.2, 0.25) is 0 Å². The standard InChI is InChI=1S/C15H13NO4/c1-9-7-11(3-5-13(9)15(18)19)20-12-4-6-14(10(2)17)16-8-12/h3-8H,1-2H3,(H,18,19). The van der Waals surface area contributed by atoms with Crippen LogP contribution in [0.1, 0.15) is 33.3 Å². The van der Waals surface area contributed by atoms with Crippen LogP contribution >= 0.6 is 0 Å². The fourth-order valence-electron chi connectivity index (χ4n) is 1.72. The first kappa shape index (κ1) is 13.7. The Labute approximate surface area is 115 Å². The molecule has 0 fully saturated rings. The monoisotopic (exact) mass is 271 g/mol. The van der Waals surface area contributed by atoms with E-state index in [0.717, 1.165) is 0 Å². The molecular weight excluding hydrogens is 258 g/mol. The summed E-state index contributed by atoms with van der Waals surface area (Å²) >= 11 is 0. The molecule has 1 aromatic heterocycles. The molecule has 1 N–H and O–H groups in total. The Morgan fingerprint density at radius 3 is 2.35 bits per heavy atom. The van der Waals surface area contributed by atoms with E-state index in [1.54, 1.807) is 31.2 Å². The topological polar surface area (TPSA) is 76.5 Å². The smallest absolute Gasteiger partial charge is 0.335 e. The molecule has 0 spiro atoms. The number of nitrogens with zero attached hydrogens (tertiary/aromatic N) is 1. The van der Waals surface area contributed by atoms with Gasteiger partial charge in [-0.3, -0.25) is 4.79 Å². The molecule has 2 aromatic rings. The minimum atomic E-state index is -0.971. The highest BCUT2D eigenvalue weighted by atomic mass is 16.5. The Bertz CT molecular complexity index is 662. The van der Waals surface area contributed by atoms with Crippen molar-refractivity contribution < 1.29 is 19.4 Å². The summed E-state index contributed by atoms with van der Waals surface area (Å²) in [6.07, 6.45) is 1.46. The van der Waals surface area contributed by atoms with Crippen LogP contribution in [0.15, 0.2) is 36.5 Å². The minimum absolute atomic E-state index is 0.113. The molecule has 1 aromatic carbocycles. The maximum Gasteiger partial charge on any atom is 0.335 e. The Kier molecular flexibility index (Phi) is 3.79. The molecule has 0 aliphatic rings. The molecule has 5 nitrogen and oxygen atoms in total. The van der Waals surface area contributed by atoms with E-state index in [0.29, 0.717) is 22.8 Å². The number of pyridine rings is 1. The number of hydrogen-bond donors (Lipinski definition) is 1. The van der Waals surface area contributed by atoms with Gasteiger partial charge >= 0.3 is 5.97 Å². The third-order valence-corrected chi connectivity index (χ3v) is 2.76. The molecule has 0 amide bonds. The third kappa shape index (κ3) is 3.00. The Hall–Kier alpha value is -2.69. The summed E-state index contributed by atoms with van der Waals surface area (Å²) in [5, 5.41) is 8.95. The van der Waals surface area contributed by atoms with Crippen molar-refractivity contribution in [2.24, 2.45) is 0 Å². The average molecular weight is 271 g/mol. The van der Waals surface area contributed by atoms with Gasteiger partial charge in [-0.15, -0.1) is 0 Å². The first-order valence-electron chi connectivity index (χ1n) is 5.96. The fraction of sp³-hybridized carbons (Fsp3) is 0.133. The SMILES string of the molecule is CC(=O)c1ccc(Oc2ccc(C(=O)O)c(C)c2)cn1. The predicted molar refractivity (Wildman–Crippen MR) is 72.5 cm³/mol. The van der Waals surface area contributed by atoms with Gasteiger partial charge < -0.3 is 9.84 Å². The number of carboxylic acids is 1. The number of ether oxygens (including phenoxy) is 1. The molecule has 102 valence electrons. The molecule has 0 saturated heterocycles. The molecule has 1 heterocycles. The van der Waals surface area contributed by atoms with E-state index >= 15 is 0 Å². The molecule has 0 aliphatic carbocycles. The van der Waals surface area contributed by atoms with Crippen molar-refractivity contribution >= 4 is 11.8 Å². The van der Waals surface area contributed by atoms with E-state index < -0.39 is 5.97 Å². The number of aromatic nitrogens is 1. The number of rotatable bonds is 4. The van der Waals surface area contributed by atoms with Crippen LogP contribution in [0.4, 0.5) is 0 Å². The lowest BCUT2D eigenvalue weighted by molar-refractivity contribution is 0.0696. The van der Waals surface area contributed by atoms with Gasteiger partial charge in [0.1, 0.15) is 17.2 Å². The van der Waals surface area contributed by atoms with Crippen molar-refractivity contribution in [2.45, 2.75) is 13.8 Å². The van der Waals surface area contributed by atoms with Gasteiger partial charge in [0.05, 0.1) is 11.8 Å². The van der Waals surface area contributed by atoms with Crippen LogP contribution in [0.5, 0.6) is 11.5 Å². The van der Waals surface area contributed by atoms with Crippen LogP contribution in [0.25, 0.3) is 0 Å². The van der Waals surface area contributed by atoms with Crippen LogP contribution in [-0.2, 0) is 0 Å². The lowest BCUT2D eigenvalue weighted by Gasteiger charge is -2.08. The van der Waals surface area contributed by atoms with Crippen molar-refractivity contribution in [3.8, 4) is 11.5 Å². The second-order valence-electron chi connectivity index (χ2n) is 4.32. The van der Waals surface area contributed by atoms with Gasteiger partial charge in [-0.25, -0.2) is 9.78 Å². The molecule has 0 aliphatic heterocycles. The van der Waals surface area contributed by atoms with Gasteiger partial charge in [0.15, 0.2) is 5.78 Å². The number of carbonyl (C=O) groups excluding carboxylic acids is 1. The van der Waals surface area contributed by atoms with Crippen LogP contribution in [0.3, 0.4) is 0 Å². The number of ketones is 1. The number of aryl methyl sites for hydroxylation is 1. The van der Waals surface area contributed by atoms with Crippen molar-refractivity contribution in [2.75, 3.05) is 0 Å². The van der Waals surface area contributed by atoms with Gasteiger partial charge in [-0.1, -0.05) is 0 Å². The van der Waals surface area contributed by atoms with Crippen LogP contribution in [0, 0.1) is 6.92 Å². The van der Waals surface area contributed by atoms with Gasteiger partial charge in [-0.2, -0.15) is 0 Å². The molecule has 20 heavy (non-hydrogen) atoms. The van der Waals surface area contributed by atoms with Crippen molar-refractivity contribution in [1.29, 1.82) is 0 Å². The summed E-state index contributed by atoms with van der Waals surface area (Å²) in [5.41, 5.74) is 1.22. The highest BCUT2D eigenvalue weighted by molar-refractivity contribution is 5.92. The van der Waals surface area contributed by atoms with E-state index in [1.807, 2.05) is 0 Å². The van der Waals surface area contributed by atoms with E-state index in [2.05, 4.69) is 4.98 Å². The Morgan fingerprint density at radius 1 is 1.15 bits per heavy atom. The third-order valence-electron chi connectivity index (χ3n) is 2.76. The highest BCUT2D eigenvalue weighted by Crippen LogP contribution is 2.23. The van der Waals surface area contributed by atoms with Gasteiger partial charge in [0.2, 0.25) is 0 Å². The van der Waals surface area contributed by atoms with Crippen molar-refractivity contribution in [1.82, 2.24) is 4.98 Å². The van der Waals surface area contributed by atoms with E-state index in [4.69, 9.17) is 9.84 Å². The van der Waals surface area contributed by atoms with Crippen LogP contribution in [-0.4, -0.2) is 21.8 Å². The van der Waals surface area contributed by atoms with Gasteiger partial charge in [0.25, 0.3) is 0 Å². The minimum Gasteiger partial charge on any atom is -0.478 e. The fourth-order valence-corrected chi connectivity index (χ4v) is 1.72. The summed E-state index contributed by atoms with van der Waals surface area (Å²) in [6, 6.07) is 7.93. The molecule has 0 atom stereocenters. The molecule has 0 saturated carbocycles. The van der Waals surface area contributed by atoms with Gasteiger partial charge in [-0.05, 0) is 42.8 Å². The lowest BCUT2D eigenvalue weighted by atomic mass is 10.1. The summed E-state index contributed by atoms with van der Waals surface area (Å²) in [6.45, 7) is 3.14. The maximum atomic E-state index is 11.1. The van der Waals surface area contributed by atoms with Crippen molar-refractivity contribution in [3.63, 3.8) is 0 Å². The van der Waals surface area contributed by atoms with Gasteiger partial charge in [0, 0.05) is 6.92 Å². The first-order valence-corrected chi connectivity index (χ1v) is 5.96. The zero-order valence-corrected chi connectivity index (χ0v) is 11.1. The maximum absolute atomic E-state index is 11.1. The second-order valence-corrected chi connectivity index (χ2v) is 4.32. The molecule has 5 heteroatoms. The van der Waals surface area contributed by atoms with E-state index in [1.165, 1.54) is 19.2 Å². The molecular formula is C15H13NO4. The zero-order chi connectivity index (χ0) is 14.7. The summed E-state index contributed by atoms with van der Waals surface area (Å²) < 4.78 is 5.56. The van der Waals surface area contributed by atoms with E-state index in [-0.39, 0.29) is 11.3 Å². The Morgan fingerprint density at radius 2 is 1.85 bits per heavy atom. The predicted octanol–water partition coefficient (Wildman–Crippen LogP) is 3.08. The molecule has 2 rings (SSSR count). The quantitative estimate of drug-likeness (QED) is 0.865. The van der Waals surface area contributed by atoms with Crippen LogP contribution < -0.4 is 4.74 Å². The number of carbonyl (C=O) groups is 2. The highest BCUT2D eigenvalue weighted by Gasteiger charge is 2.08. The lowest BCUT2D eigenvalue weighted by Crippen LogP contribution is -2.00. The normalized spacial score (nSPS) is 10.1. The summed E-state index contributed by atoms with van der Waals surface area (Å²) in [7, 11) is 0. The molecule has 0 unspecified atom stereocenters. The largest absolute Gasteiger partial charge is 0.478 e. The first-order chi connectivity index (χ1) is 9.47. The number of carboxylic acid groups (broad SMARTS) is 1. The van der Waals surface area contributed by atoms with Crippen molar-refractivity contribution in [3.05, 3.63) is 53.3 Å². The average Bonchev–Trinajstić information content (AvgIpc) is 2.39. The summed E-state index contributed by atoms with van der Waals surface area (Å²) in [5.74, 6) is -0.0814. The number of aromatic carboxylic acids is 1. The molecule has 0 radical (unpaired) electrons. The van der Waals surface area contributed by atoms with E-state index in [9.17, 15) is 9.59 Å². The number of Topliss-reactive ketones (excluding diaryl/α,β-unsaturated/α-hetero) is 1. The number of hydrogen-bond acceptors (Lipinski definition) is 4. The Balaban J connectivity index is 2.19. The molecule has 0 bridgehead atoms. The zero-order valence-electron chi connectivity index (χ0n) is 11.1. The second kappa shape index (κ2) is 5.52.